The zero-order chi connectivity index (χ0) is 17.2. The summed E-state index contributed by atoms with van der Waals surface area (Å²) in [6.45, 7) is 3.13. The lowest BCUT2D eigenvalue weighted by Crippen LogP contribution is -2.63. The van der Waals surface area contributed by atoms with Gasteiger partial charge in [0.2, 0.25) is 0 Å². The average molecular weight is 342 g/mol. The van der Waals surface area contributed by atoms with Crippen LogP contribution in [-0.2, 0) is 0 Å². The van der Waals surface area contributed by atoms with Gasteiger partial charge in [-0.05, 0) is 68.4 Å². The number of benzene rings is 1. The Morgan fingerprint density at radius 2 is 2.04 bits per heavy atom. The van der Waals surface area contributed by atoms with Gasteiger partial charge in [0.05, 0.1) is 17.8 Å². The third-order valence-electron chi connectivity index (χ3n) is 6.82. The third kappa shape index (κ3) is 2.43. The first-order chi connectivity index (χ1) is 12.0. The molecule has 5 aliphatic rings. The molecule has 4 fully saturated rings. The van der Waals surface area contributed by atoms with Crippen LogP contribution in [0.4, 0.5) is 10.5 Å². The lowest BCUT2D eigenvalue weighted by Gasteiger charge is -2.58. The molecule has 4 aliphatic carbocycles. The molecule has 0 spiro atoms. The quantitative estimate of drug-likeness (QED) is 0.825. The van der Waals surface area contributed by atoms with E-state index in [9.17, 15) is 9.90 Å². The zero-order valence-electron chi connectivity index (χ0n) is 14.7. The van der Waals surface area contributed by atoms with E-state index in [-0.39, 0.29) is 12.1 Å². The van der Waals surface area contributed by atoms with Crippen LogP contribution >= 0.6 is 0 Å². The van der Waals surface area contributed by atoms with Crippen molar-refractivity contribution in [2.45, 2.75) is 50.7 Å². The highest BCUT2D eigenvalue weighted by atomic mass is 16.5. The molecule has 1 heterocycles. The van der Waals surface area contributed by atoms with Gasteiger partial charge in [0.25, 0.3) is 0 Å². The van der Waals surface area contributed by atoms with Gasteiger partial charge in [-0.3, -0.25) is 4.90 Å². The summed E-state index contributed by atoms with van der Waals surface area (Å²) in [5.41, 5.74) is 1.50. The van der Waals surface area contributed by atoms with Crippen LogP contribution in [0, 0.1) is 24.7 Å². The second kappa shape index (κ2) is 5.37. The number of anilines is 1. The standard InChI is InChI=1S/C20H26N2O3/c1-12-3-2-4-16-18(12)22(5-6-25-16)19(23)21-17-14-7-13-8-15(17)11-20(24,9-13)10-14/h2-4,13-15,17,24H,5-11H2,1H3,(H,21,23)/t13?,14?,15?,17-,20-. The van der Waals surface area contributed by atoms with Crippen molar-refractivity contribution in [2.24, 2.45) is 17.8 Å². The van der Waals surface area contributed by atoms with Gasteiger partial charge in [-0.15, -0.1) is 0 Å². The maximum Gasteiger partial charge on any atom is 0.322 e. The Kier molecular flexibility index (Phi) is 3.33. The molecular formula is C20H26N2O3. The predicted molar refractivity (Wildman–Crippen MR) is 94.8 cm³/mol. The largest absolute Gasteiger partial charge is 0.490 e. The Balaban J connectivity index is 1.37. The lowest BCUT2D eigenvalue weighted by molar-refractivity contribution is -0.136. The van der Waals surface area contributed by atoms with E-state index in [1.54, 1.807) is 0 Å². The minimum atomic E-state index is -0.458. The zero-order valence-corrected chi connectivity index (χ0v) is 14.7. The van der Waals surface area contributed by atoms with Gasteiger partial charge in [0.1, 0.15) is 12.4 Å². The van der Waals surface area contributed by atoms with Gasteiger partial charge in [-0.2, -0.15) is 0 Å². The smallest absolute Gasteiger partial charge is 0.322 e. The molecule has 2 unspecified atom stereocenters. The summed E-state index contributed by atoms with van der Waals surface area (Å²) in [5.74, 6) is 2.30. The summed E-state index contributed by atoms with van der Waals surface area (Å²) < 4.78 is 5.73. The van der Waals surface area contributed by atoms with Crippen LogP contribution in [0.2, 0.25) is 0 Å². The average Bonchev–Trinajstić information content (AvgIpc) is 2.56. The number of nitrogens with zero attached hydrogens (tertiary/aromatic N) is 1. The molecule has 25 heavy (non-hydrogen) atoms. The van der Waals surface area contributed by atoms with Crippen LogP contribution in [0.1, 0.15) is 37.7 Å². The Morgan fingerprint density at radius 3 is 2.76 bits per heavy atom. The van der Waals surface area contributed by atoms with Crippen molar-refractivity contribution >= 4 is 11.7 Å². The van der Waals surface area contributed by atoms with Gasteiger partial charge < -0.3 is 15.2 Å². The Labute approximate surface area is 148 Å². The summed E-state index contributed by atoms with van der Waals surface area (Å²) in [5, 5.41) is 14.1. The van der Waals surface area contributed by atoms with Crippen LogP contribution in [0.25, 0.3) is 0 Å². The molecule has 2 N–H and O–H groups in total. The predicted octanol–water partition coefficient (Wildman–Crippen LogP) is 2.84. The highest BCUT2D eigenvalue weighted by molar-refractivity contribution is 5.95. The van der Waals surface area contributed by atoms with E-state index in [4.69, 9.17) is 4.74 Å². The Hall–Kier alpha value is -1.75. The Bertz CT molecular complexity index is 703. The number of urea groups is 1. The van der Waals surface area contributed by atoms with Crippen molar-refractivity contribution in [3.63, 3.8) is 0 Å². The van der Waals surface area contributed by atoms with E-state index >= 15 is 0 Å². The number of ether oxygens (including phenoxy) is 1. The van der Waals surface area contributed by atoms with Gasteiger partial charge in [0.15, 0.2) is 0 Å². The van der Waals surface area contributed by atoms with Crippen LogP contribution in [0.5, 0.6) is 5.75 Å². The second-order valence-corrected chi connectivity index (χ2v) is 8.59. The number of carbonyl (C=O) groups is 1. The van der Waals surface area contributed by atoms with E-state index in [1.165, 1.54) is 0 Å². The molecule has 2 amide bonds. The first kappa shape index (κ1) is 15.5. The molecule has 1 aliphatic heterocycles. The highest BCUT2D eigenvalue weighted by Gasteiger charge is 2.55. The molecule has 4 saturated carbocycles. The molecular weight excluding hydrogens is 316 g/mol. The van der Waals surface area contributed by atoms with Gasteiger partial charge in [-0.25, -0.2) is 4.79 Å². The number of para-hydroxylation sites is 1. The number of aliphatic hydroxyl groups is 1. The van der Waals surface area contributed by atoms with Crippen molar-refractivity contribution in [1.82, 2.24) is 5.32 Å². The van der Waals surface area contributed by atoms with E-state index in [0.717, 1.165) is 49.1 Å². The summed E-state index contributed by atoms with van der Waals surface area (Å²) in [6, 6.07) is 6.11. The molecule has 0 aromatic heterocycles. The summed E-state index contributed by atoms with van der Waals surface area (Å²) >= 11 is 0. The molecule has 1 aromatic rings. The fourth-order valence-electron chi connectivity index (χ4n) is 6.09. The number of amides is 2. The maximum absolute atomic E-state index is 13.1. The van der Waals surface area contributed by atoms with Crippen LogP contribution in [0.3, 0.4) is 0 Å². The fourth-order valence-corrected chi connectivity index (χ4v) is 6.09. The van der Waals surface area contributed by atoms with Crippen molar-refractivity contribution in [3.05, 3.63) is 23.8 Å². The second-order valence-electron chi connectivity index (χ2n) is 8.59. The van der Waals surface area contributed by atoms with Crippen LogP contribution < -0.4 is 15.0 Å². The SMILES string of the molecule is Cc1cccc2c1N(C(=O)N[C@H]1C3CC4CC1C[C@](O)(C4)C3)CCO2. The molecule has 5 nitrogen and oxygen atoms in total. The number of carbonyl (C=O) groups excluding carboxylic acids is 1. The van der Waals surface area contributed by atoms with Gasteiger partial charge >= 0.3 is 6.03 Å². The fraction of sp³-hybridized carbons (Fsp3) is 0.650. The lowest BCUT2D eigenvalue weighted by atomic mass is 9.52. The first-order valence-electron chi connectivity index (χ1n) is 9.55. The molecule has 134 valence electrons. The number of hydrogen-bond acceptors (Lipinski definition) is 3. The number of nitrogens with one attached hydrogen (secondary N) is 1. The molecule has 2 atom stereocenters. The number of fused-ring (bicyclic) bond motifs is 1. The number of rotatable bonds is 1. The number of hydrogen-bond donors (Lipinski definition) is 2. The number of aryl methyl sites for hydroxylation is 1. The summed E-state index contributed by atoms with van der Waals surface area (Å²) in [6.07, 6.45) is 4.98. The van der Waals surface area contributed by atoms with Crippen LogP contribution in [-0.4, -0.2) is 35.9 Å². The molecule has 4 bridgehead atoms. The van der Waals surface area contributed by atoms with Crippen molar-refractivity contribution in [3.8, 4) is 5.75 Å². The van der Waals surface area contributed by atoms with E-state index < -0.39 is 5.60 Å². The minimum absolute atomic E-state index is 0.0108. The third-order valence-corrected chi connectivity index (χ3v) is 6.82. The molecule has 5 heteroatoms. The van der Waals surface area contributed by atoms with Gasteiger partial charge in [-0.1, -0.05) is 12.1 Å². The molecule has 0 saturated heterocycles. The van der Waals surface area contributed by atoms with Crippen molar-refractivity contribution in [1.29, 1.82) is 0 Å². The monoisotopic (exact) mass is 342 g/mol. The normalized spacial score (nSPS) is 38.2. The van der Waals surface area contributed by atoms with Gasteiger partial charge in [0, 0.05) is 6.04 Å². The van der Waals surface area contributed by atoms with E-state index in [0.29, 0.717) is 30.9 Å². The maximum atomic E-state index is 13.1. The van der Waals surface area contributed by atoms with Crippen LogP contribution in [0.15, 0.2) is 18.2 Å². The topological polar surface area (TPSA) is 61.8 Å². The Morgan fingerprint density at radius 1 is 1.28 bits per heavy atom. The first-order valence-corrected chi connectivity index (χ1v) is 9.55. The molecule has 0 radical (unpaired) electrons. The van der Waals surface area contributed by atoms with Crippen molar-refractivity contribution in [2.75, 3.05) is 18.1 Å². The molecule has 1 aromatic carbocycles. The minimum Gasteiger partial charge on any atom is -0.490 e. The molecule has 6 rings (SSSR count). The van der Waals surface area contributed by atoms with E-state index in [2.05, 4.69) is 5.32 Å². The summed E-state index contributed by atoms with van der Waals surface area (Å²) in [4.78, 5) is 14.9. The van der Waals surface area contributed by atoms with Crippen molar-refractivity contribution < 1.29 is 14.6 Å². The summed E-state index contributed by atoms with van der Waals surface area (Å²) in [7, 11) is 0. The van der Waals surface area contributed by atoms with E-state index in [1.807, 2.05) is 30.0 Å². The highest BCUT2D eigenvalue weighted by Crippen LogP contribution is 2.55.